The van der Waals surface area contributed by atoms with E-state index in [1.807, 2.05) is 11.0 Å². The maximum atomic E-state index is 13.1. The summed E-state index contributed by atoms with van der Waals surface area (Å²) in [5.41, 5.74) is 0.821. The molecule has 28 heavy (non-hydrogen) atoms. The first kappa shape index (κ1) is 21.4. The van der Waals surface area contributed by atoms with Gasteiger partial charge >= 0.3 is 0 Å². The average Bonchev–Trinajstić information content (AvgIpc) is 3.11. The summed E-state index contributed by atoms with van der Waals surface area (Å²) in [6.07, 6.45) is 2.26. The number of amides is 2. The van der Waals surface area contributed by atoms with Crippen molar-refractivity contribution in [3.05, 3.63) is 33.8 Å². The Morgan fingerprint density at radius 2 is 1.93 bits per heavy atom. The van der Waals surface area contributed by atoms with Gasteiger partial charge in [0, 0.05) is 39.1 Å². The molecular weight excluding hydrogens is 401 g/mol. The van der Waals surface area contributed by atoms with Crippen molar-refractivity contribution in [3.63, 3.8) is 0 Å². The number of benzene rings is 1. The molecule has 0 saturated carbocycles. The number of nitrogens with zero attached hydrogens (tertiary/aromatic N) is 3. The van der Waals surface area contributed by atoms with Gasteiger partial charge in [0.1, 0.15) is 0 Å². The van der Waals surface area contributed by atoms with E-state index in [4.69, 9.17) is 23.2 Å². The van der Waals surface area contributed by atoms with E-state index in [1.54, 1.807) is 24.0 Å². The Labute approximate surface area is 176 Å². The van der Waals surface area contributed by atoms with Crippen LogP contribution in [0.5, 0.6) is 0 Å². The topological polar surface area (TPSA) is 64.1 Å². The molecule has 0 aliphatic carbocycles. The molecule has 2 heterocycles. The van der Waals surface area contributed by atoms with Gasteiger partial charge < -0.3 is 14.9 Å². The first-order valence-corrected chi connectivity index (χ1v) is 10.5. The Balaban J connectivity index is 1.72. The van der Waals surface area contributed by atoms with Crippen LogP contribution < -0.4 is 0 Å². The van der Waals surface area contributed by atoms with Crippen molar-refractivity contribution in [2.75, 3.05) is 39.3 Å². The predicted octanol–water partition coefficient (Wildman–Crippen LogP) is 2.05. The number of rotatable bonds is 5. The number of aliphatic hydroxyl groups excluding tert-OH is 1. The number of aliphatic hydroxyl groups is 1. The highest BCUT2D eigenvalue weighted by Crippen LogP contribution is 2.24. The van der Waals surface area contributed by atoms with Crippen LogP contribution >= 0.6 is 23.2 Å². The summed E-state index contributed by atoms with van der Waals surface area (Å²) in [5, 5.41) is 10.5. The number of likely N-dealkylation sites (tertiary alicyclic amines) is 1. The number of carbonyl (C=O) groups excluding carboxylic acids is 2. The van der Waals surface area contributed by atoms with Crippen LogP contribution in [0.15, 0.2) is 18.2 Å². The lowest BCUT2D eigenvalue weighted by Gasteiger charge is -2.43. The number of hydrogen-bond acceptors (Lipinski definition) is 4. The minimum absolute atomic E-state index is 0.0198. The average molecular weight is 428 g/mol. The molecule has 0 spiro atoms. The Morgan fingerprint density at radius 3 is 2.61 bits per heavy atom. The van der Waals surface area contributed by atoms with Gasteiger partial charge in [0.05, 0.1) is 29.1 Å². The molecule has 2 fully saturated rings. The minimum atomic E-state index is -0.0833. The minimum Gasteiger partial charge on any atom is -0.395 e. The molecule has 0 radical (unpaired) electrons. The van der Waals surface area contributed by atoms with Crippen LogP contribution in [-0.4, -0.2) is 83.0 Å². The third kappa shape index (κ3) is 4.98. The molecule has 154 valence electrons. The summed E-state index contributed by atoms with van der Waals surface area (Å²) in [6, 6.07) is 5.30. The molecule has 0 bridgehead atoms. The summed E-state index contributed by atoms with van der Waals surface area (Å²) < 4.78 is 0. The molecule has 3 rings (SSSR count). The molecular formula is C20H27Cl2N3O3. The van der Waals surface area contributed by atoms with E-state index in [1.165, 1.54) is 0 Å². The molecule has 1 N–H and O–H groups in total. The molecule has 1 aromatic carbocycles. The van der Waals surface area contributed by atoms with E-state index in [0.29, 0.717) is 36.2 Å². The molecule has 0 aromatic heterocycles. The zero-order chi connectivity index (χ0) is 20.3. The van der Waals surface area contributed by atoms with Crippen molar-refractivity contribution in [3.8, 4) is 0 Å². The smallest absolute Gasteiger partial charge is 0.227 e. The highest BCUT2D eigenvalue weighted by Gasteiger charge is 2.35. The third-order valence-corrected chi connectivity index (χ3v) is 6.48. The summed E-state index contributed by atoms with van der Waals surface area (Å²) >= 11 is 12.0. The zero-order valence-corrected chi connectivity index (χ0v) is 17.6. The van der Waals surface area contributed by atoms with Gasteiger partial charge in [-0.2, -0.15) is 0 Å². The largest absolute Gasteiger partial charge is 0.395 e. The molecule has 2 unspecified atom stereocenters. The van der Waals surface area contributed by atoms with Crippen molar-refractivity contribution >= 4 is 35.0 Å². The quantitative estimate of drug-likeness (QED) is 0.780. The van der Waals surface area contributed by atoms with E-state index in [9.17, 15) is 14.7 Å². The molecule has 8 heteroatoms. The Kier molecular flexibility index (Phi) is 7.20. The van der Waals surface area contributed by atoms with E-state index < -0.39 is 0 Å². The van der Waals surface area contributed by atoms with E-state index in [2.05, 4.69) is 4.90 Å². The van der Waals surface area contributed by atoms with Crippen LogP contribution in [0.2, 0.25) is 10.0 Å². The number of hydrogen-bond donors (Lipinski definition) is 1. The maximum Gasteiger partial charge on any atom is 0.227 e. The second-order valence-electron chi connectivity index (χ2n) is 7.60. The lowest BCUT2D eigenvalue weighted by Crippen LogP contribution is -2.60. The fourth-order valence-electron chi connectivity index (χ4n) is 4.16. The molecule has 2 saturated heterocycles. The second-order valence-corrected chi connectivity index (χ2v) is 8.42. The molecule has 6 nitrogen and oxygen atoms in total. The van der Waals surface area contributed by atoms with Crippen molar-refractivity contribution in [2.45, 2.75) is 38.3 Å². The summed E-state index contributed by atoms with van der Waals surface area (Å²) in [6.45, 7) is 4.86. The summed E-state index contributed by atoms with van der Waals surface area (Å²) in [4.78, 5) is 30.9. The van der Waals surface area contributed by atoms with Gasteiger partial charge in [-0.15, -0.1) is 0 Å². The van der Waals surface area contributed by atoms with E-state index >= 15 is 0 Å². The lowest BCUT2D eigenvalue weighted by atomic mass is 10.1. The lowest BCUT2D eigenvalue weighted by molar-refractivity contribution is -0.142. The summed E-state index contributed by atoms with van der Waals surface area (Å²) in [7, 11) is 0. The Hall–Kier alpha value is -1.34. The van der Waals surface area contributed by atoms with Crippen LogP contribution in [-0.2, 0) is 16.0 Å². The molecule has 1 aromatic rings. The van der Waals surface area contributed by atoms with Crippen molar-refractivity contribution < 1.29 is 14.7 Å². The van der Waals surface area contributed by atoms with Crippen LogP contribution in [0.4, 0.5) is 0 Å². The van der Waals surface area contributed by atoms with Gasteiger partial charge in [0.15, 0.2) is 0 Å². The van der Waals surface area contributed by atoms with Crippen molar-refractivity contribution in [1.82, 2.24) is 14.7 Å². The summed E-state index contributed by atoms with van der Waals surface area (Å²) in [5.74, 6) is 0.0491. The van der Waals surface area contributed by atoms with Gasteiger partial charge in [-0.05, 0) is 37.1 Å². The van der Waals surface area contributed by atoms with Crippen molar-refractivity contribution in [2.24, 2.45) is 0 Å². The SMILES string of the molecule is CC(=O)N1CCN(C(=O)Cc2ccc(Cl)c(Cl)c2)C(CN2CCCC2CO)C1. The Morgan fingerprint density at radius 1 is 1.14 bits per heavy atom. The zero-order valence-electron chi connectivity index (χ0n) is 16.1. The number of piperazine rings is 1. The second kappa shape index (κ2) is 9.44. The van der Waals surface area contributed by atoms with E-state index in [0.717, 1.165) is 24.9 Å². The van der Waals surface area contributed by atoms with Gasteiger partial charge in [0.2, 0.25) is 11.8 Å². The van der Waals surface area contributed by atoms with Crippen LogP contribution in [0.3, 0.4) is 0 Å². The fraction of sp³-hybridized carbons (Fsp3) is 0.600. The van der Waals surface area contributed by atoms with Gasteiger partial charge in [-0.25, -0.2) is 0 Å². The monoisotopic (exact) mass is 427 g/mol. The maximum absolute atomic E-state index is 13.1. The molecule has 2 aliphatic heterocycles. The molecule has 2 aliphatic rings. The molecule has 2 atom stereocenters. The van der Waals surface area contributed by atoms with Crippen molar-refractivity contribution in [1.29, 1.82) is 0 Å². The highest BCUT2D eigenvalue weighted by atomic mass is 35.5. The first-order chi connectivity index (χ1) is 13.4. The number of carbonyl (C=O) groups is 2. The third-order valence-electron chi connectivity index (χ3n) is 5.74. The molecule has 2 amide bonds. The highest BCUT2D eigenvalue weighted by molar-refractivity contribution is 6.42. The number of halogens is 2. The van der Waals surface area contributed by atoms with Crippen LogP contribution in [0.1, 0.15) is 25.3 Å². The standard InChI is InChI=1S/C20H27Cl2N3O3/c1-14(27)23-7-8-25(17(11-23)12-24-6-2-3-16(24)13-26)20(28)10-15-4-5-18(21)19(22)9-15/h4-5,9,16-17,26H,2-3,6-8,10-13H2,1H3. The fourth-order valence-corrected chi connectivity index (χ4v) is 4.49. The Bertz CT molecular complexity index is 731. The normalized spacial score (nSPS) is 23.3. The van der Waals surface area contributed by atoms with E-state index in [-0.39, 0.29) is 36.9 Å². The van der Waals surface area contributed by atoms with Gasteiger partial charge in [0.25, 0.3) is 0 Å². The van der Waals surface area contributed by atoms with Crippen LogP contribution in [0, 0.1) is 0 Å². The van der Waals surface area contributed by atoms with Gasteiger partial charge in [-0.3, -0.25) is 14.5 Å². The first-order valence-electron chi connectivity index (χ1n) is 9.73. The van der Waals surface area contributed by atoms with Crippen LogP contribution in [0.25, 0.3) is 0 Å². The van der Waals surface area contributed by atoms with Gasteiger partial charge in [-0.1, -0.05) is 29.3 Å². The predicted molar refractivity (Wildman–Crippen MR) is 110 cm³/mol.